The molecule has 0 bridgehead atoms. The fraction of sp³-hybridized carbons (Fsp3) is 0.200. The number of aromatic amines is 1. The molecule has 0 saturated carbocycles. The van der Waals surface area contributed by atoms with Crippen molar-refractivity contribution in [1.29, 1.82) is 0 Å². The summed E-state index contributed by atoms with van der Waals surface area (Å²) in [5, 5.41) is 17.4. The zero-order valence-corrected chi connectivity index (χ0v) is 14.3. The first-order valence-electron chi connectivity index (χ1n) is 8.44. The molecule has 0 saturated heterocycles. The highest BCUT2D eigenvalue weighted by Crippen LogP contribution is 2.30. The molecule has 4 rings (SSSR count). The lowest BCUT2D eigenvalue weighted by Gasteiger charge is -2.27. The molecule has 5 nitrogen and oxygen atoms in total. The molecule has 3 aromatic rings. The largest absolute Gasteiger partial charge is 0.507 e. The van der Waals surface area contributed by atoms with Crippen molar-refractivity contribution in [3.8, 4) is 17.0 Å². The first kappa shape index (κ1) is 16.3. The number of carbonyl (C=O) groups excluding carboxylic acids is 1. The van der Waals surface area contributed by atoms with Crippen LogP contribution in [0.2, 0.25) is 0 Å². The number of hydrogen-bond donors (Lipinski definition) is 2. The predicted octanol–water partition coefficient (Wildman–Crippen LogP) is 3.43. The van der Waals surface area contributed by atoms with E-state index in [1.807, 2.05) is 6.92 Å². The van der Waals surface area contributed by atoms with Gasteiger partial charge in [0.25, 0.3) is 5.91 Å². The third-order valence-electron chi connectivity index (χ3n) is 4.70. The van der Waals surface area contributed by atoms with Crippen LogP contribution in [0.15, 0.2) is 42.5 Å². The van der Waals surface area contributed by atoms with Crippen molar-refractivity contribution < 1.29 is 14.3 Å². The van der Waals surface area contributed by atoms with E-state index in [2.05, 4.69) is 10.2 Å². The molecule has 2 aromatic carbocycles. The Kier molecular flexibility index (Phi) is 3.95. The number of rotatable bonds is 2. The van der Waals surface area contributed by atoms with Crippen LogP contribution in [0.1, 0.15) is 27.2 Å². The van der Waals surface area contributed by atoms with E-state index >= 15 is 0 Å². The lowest BCUT2D eigenvalue weighted by molar-refractivity contribution is 0.0731. The van der Waals surface area contributed by atoms with E-state index in [0.717, 1.165) is 16.8 Å². The van der Waals surface area contributed by atoms with Gasteiger partial charge in [-0.2, -0.15) is 5.10 Å². The summed E-state index contributed by atoms with van der Waals surface area (Å²) < 4.78 is 13.6. The predicted molar refractivity (Wildman–Crippen MR) is 95.3 cm³/mol. The number of hydrogen-bond acceptors (Lipinski definition) is 3. The number of fused-ring (bicyclic) bond motifs is 1. The normalized spacial score (nSPS) is 13.5. The van der Waals surface area contributed by atoms with Crippen LogP contribution >= 0.6 is 0 Å². The number of phenols is 1. The highest BCUT2D eigenvalue weighted by atomic mass is 19.1. The monoisotopic (exact) mass is 351 g/mol. The number of H-pyrrole nitrogens is 1. The topological polar surface area (TPSA) is 69.2 Å². The van der Waals surface area contributed by atoms with Gasteiger partial charge in [0.05, 0.1) is 11.3 Å². The maximum absolute atomic E-state index is 13.6. The van der Waals surface area contributed by atoms with E-state index in [1.165, 1.54) is 18.2 Å². The van der Waals surface area contributed by atoms with Gasteiger partial charge in [-0.05, 0) is 31.2 Å². The standard InChI is InChI=1S/C20H18FN3O2/c1-12-5-6-18(25)15(9-12)20(26)24-8-7-17-16(11-24)19(23-22-17)13-3-2-4-14(21)10-13/h2-6,9-10,25H,7-8,11H2,1H3,(H,22,23). The molecule has 0 unspecified atom stereocenters. The van der Waals surface area contributed by atoms with Gasteiger partial charge in [0.15, 0.2) is 0 Å². The number of aromatic hydroxyl groups is 1. The molecule has 0 radical (unpaired) electrons. The first-order chi connectivity index (χ1) is 12.5. The van der Waals surface area contributed by atoms with Crippen LogP contribution < -0.4 is 0 Å². The van der Waals surface area contributed by atoms with Crippen molar-refractivity contribution in [2.24, 2.45) is 0 Å². The van der Waals surface area contributed by atoms with Crippen LogP contribution in [0.25, 0.3) is 11.3 Å². The van der Waals surface area contributed by atoms with Gasteiger partial charge < -0.3 is 10.0 Å². The second-order valence-electron chi connectivity index (χ2n) is 6.54. The lowest BCUT2D eigenvalue weighted by Crippen LogP contribution is -2.36. The maximum Gasteiger partial charge on any atom is 0.257 e. The van der Waals surface area contributed by atoms with Gasteiger partial charge in [-0.15, -0.1) is 0 Å². The van der Waals surface area contributed by atoms with Crippen molar-refractivity contribution in [3.63, 3.8) is 0 Å². The van der Waals surface area contributed by atoms with Gasteiger partial charge in [0.1, 0.15) is 11.6 Å². The molecule has 132 valence electrons. The van der Waals surface area contributed by atoms with E-state index in [4.69, 9.17) is 0 Å². The fourth-order valence-electron chi connectivity index (χ4n) is 3.33. The van der Waals surface area contributed by atoms with Gasteiger partial charge in [-0.25, -0.2) is 4.39 Å². The minimum Gasteiger partial charge on any atom is -0.507 e. The molecule has 6 heteroatoms. The van der Waals surface area contributed by atoms with Crippen molar-refractivity contribution in [1.82, 2.24) is 15.1 Å². The number of phenolic OH excluding ortho intramolecular Hbond substituents is 1. The highest BCUT2D eigenvalue weighted by molar-refractivity contribution is 5.97. The molecular formula is C20H18FN3O2. The molecule has 1 amide bonds. The number of carbonyl (C=O) groups is 1. The molecule has 0 aliphatic carbocycles. The van der Waals surface area contributed by atoms with Crippen molar-refractivity contribution in [2.75, 3.05) is 6.54 Å². The van der Waals surface area contributed by atoms with Crippen LogP contribution in [0.4, 0.5) is 4.39 Å². The average molecular weight is 351 g/mol. The molecule has 1 aromatic heterocycles. The second-order valence-corrected chi connectivity index (χ2v) is 6.54. The summed E-state index contributed by atoms with van der Waals surface area (Å²) in [5.41, 5.74) is 4.39. The second kappa shape index (κ2) is 6.29. The zero-order valence-electron chi connectivity index (χ0n) is 14.3. The minimum absolute atomic E-state index is 0.0241. The van der Waals surface area contributed by atoms with E-state index in [0.29, 0.717) is 36.3 Å². The average Bonchev–Trinajstić information content (AvgIpc) is 3.06. The number of aryl methyl sites for hydroxylation is 1. The van der Waals surface area contributed by atoms with Gasteiger partial charge in [-0.1, -0.05) is 23.8 Å². The van der Waals surface area contributed by atoms with E-state index in [9.17, 15) is 14.3 Å². The van der Waals surface area contributed by atoms with E-state index in [1.54, 1.807) is 29.2 Å². The first-order valence-corrected chi connectivity index (χ1v) is 8.44. The lowest BCUT2D eigenvalue weighted by atomic mass is 10.00. The Bertz CT molecular complexity index is 996. The molecule has 0 spiro atoms. The molecular weight excluding hydrogens is 333 g/mol. The summed E-state index contributed by atoms with van der Waals surface area (Å²) in [6, 6.07) is 11.3. The van der Waals surface area contributed by atoms with Crippen LogP contribution in [0.5, 0.6) is 5.75 Å². The summed E-state index contributed by atoms with van der Waals surface area (Å²) in [5.74, 6) is -0.570. The SMILES string of the molecule is Cc1ccc(O)c(C(=O)N2CCc3[nH]nc(-c4cccc(F)c4)c3C2)c1. The zero-order chi connectivity index (χ0) is 18.3. The molecule has 1 aliphatic rings. The van der Waals surface area contributed by atoms with Crippen molar-refractivity contribution in [2.45, 2.75) is 19.9 Å². The number of nitrogens with zero attached hydrogens (tertiary/aromatic N) is 2. The summed E-state index contributed by atoms with van der Waals surface area (Å²) >= 11 is 0. The van der Waals surface area contributed by atoms with Crippen LogP contribution in [-0.4, -0.2) is 32.7 Å². The van der Waals surface area contributed by atoms with Gasteiger partial charge in [0.2, 0.25) is 0 Å². The Labute approximate surface area is 150 Å². The molecule has 1 aliphatic heterocycles. The summed E-state index contributed by atoms with van der Waals surface area (Å²) in [6.45, 7) is 2.77. The molecule has 2 N–H and O–H groups in total. The van der Waals surface area contributed by atoms with Crippen molar-refractivity contribution >= 4 is 5.91 Å². The minimum atomic E-state index is -0.326. The Morgan fingerprint density at radius 2 is 2.12 bits per heavy atom. The highest BCUT2D eigenvalue weighted by Gasteiger charge is 2.27. The van der Waals surface area contributed by atoms with Crippen LogP contribution in [0.3, 0.4) is 0 Å². The Balaban J connectivity index is 1.66. The fourth-order valence-corrected chi connectivity index (χ4v) is 3.33. The number of aromatic nitrogens is 2. The van der Waals surface area contributed by atoms with Gasteiger partial charge >= 0.3 is 0 Å². The quantitative estimate of drug-likeness (QED) is 0.743. The van der Waals surface area contributed by atoms with Crippen molar-refractivity contribution in [3.05, 3.63) is 70.7 Å². The third-order valence-corrected chi connectivity index (χ3v) is 4.70. The van der Waals surface area contributed by atoms with E-state index in [-0.39, 0.29) is 17.5 Å². The molecule has 0 fully saturated rings. The van der Waals surface area contributed by atoms with Crippen LogP contribution in [-0.2, 0) is 13.0 Å². The smallest absolute Gasteiger partial charge is 0.257 e. The third kappa shape index (κ3) is 2.83. The Morgan fingerprint density at radius 3 is 2.92 bits per heavy atom. The Hall–Kier alpha value is -3.15. The number of amides is 1. The van der Waals surface area contributed by atoms with Gasteiger partial charge in [0, 0.05) is 36.3 Å². The Morgan fingerprint density at radius 1 is 1.27 bits per heavy atom. The number of benzene rings is 2. The summed E-state index contributed by atoms with van der Waals surface area (Å²) in [6.07, 6.45) is 0.635. The van der Waals surface area contributed by atoms with Crippen LogP contribution in [0, 0.1) is 12.7 Å². The maximum atomic E-state index is 13.6. The summed E-state index contributed by atoms with van der Waals surface area (Å²) in [7, 11) is 0. The molecule has 2 heterocycles. The van der Waals surface area contributed by atoms with E-state index < -0.39 is 0 Å². The summed E-state index contributed by atoms with van der Waals surface area (Å²) in [4.78, 5) is 14.6. The number of halogens is 1. The molecule has 0 atom stereocenters. The van der Waals surface area contributed by atoms with Gasteiger partial charge in [-0.3, -0.25) is 9.89 Å². The molecule has 26 heavy (non-hydrogen) atoms. The number of nitrogens with one attached hydrogen (secondary N) is 1.